The molecule has 6 nitrogen and oxygen atoms in total. The molecule has 0 heterocycles. The lowest BCUT2D eigenvalue weighted by Crippen LogP contribution is -2.29. The Morgan fingerprint density at radius 2 is 2.14 bits per heavy atom. The molecule has 0 rings (SSSR count). The van der Waals surface area contributed by atoms with Gasteiger partial charge in [0.05, 0.1) is 5.75 Å². The molecule has 0 spiro atoms. The fourth-order valence-electron chi connectivity index (χ4n) is 0.920. The standard InChI is InChI=1S/C7H16N4O2S/c1-7(2)6-14(12,13)10-5-3-4-9-11-8/h7,10H,3-6H2,1-2H3. The third kappa shape index (κ3) is 7.85. The second-order valence-electron chi connectivity index (χ2n) is 3.38. The van der Waals surface area contributed by atoms with E-state index in [1.54, 1.807) is 0 Å². The van der Waals surface area contributed by atoms with Gasteiger partial charge in [0, 0.05) is 18.0 Å². The van der Waals surface area contributed by atoms with Crippen molar-refractivity contribution in [3.8, 4) is 0 Å². The van der Waals surface area contributed by atoms with Gasteiger partial charge in [0.15, 0.2) is 0 Å². The van der Waals surface area contributed by atoms with E-state index in [0.29, 0.717) is 19.5 Å². The van der Waals surface area contributed by atoms with Crippen LogP contribution in [0.2, 0.25) is 0 Å². The average Bonchev–Trinajstić information content (AvgIpc) is 2.01. The van der Waals surface area contributed by atoms with Gasteiger partial charge >= 0.3 is 0 Å². The van der Waals surface area contributed by atoms with Crippen molar-refractivity contribution in [1.82, 2.24) is 4.72 Å². The van der Waals surface area contributed by atoms with Crippen LogP contribution in [0.4, 0.5) is 0 Å². The van der Waals surface area contributed by atoms with Crippen LogP contribution >= 0.6 is 0 Å². The zero-order valence-corrected chi connectivity index (χ0v) is 9.29. The number of azide groups is 1. The fraction of sp³-hybridized carbons (Fsp3) is 1.00. The first kappa shape index (κ1) is 13.2. The summed E-state index contributed by atoms with van der Waals surface area (Å²) in [5, 5.41) is 3.30. The minimum atomic E-state index is -3.15. The molecule has 0 bridgehead atoms. The molecular weight excluding hydrogens is 204 g/mol. The molecule has 0 saturated carbocycles. The topological polar surface area (TPSA) is 94.9 Å². The van der Waals surface area contributed by atoms with Crippen LogP contribution in [0, 0.1) is 5.92 Å². The molecule has 0 saturated heterocycles. The molecule has 7 heteroatoms. The quantitative estimate of drug-likeness (QED) is 0.302. The molecule has 1 N–H and O–H groups in total. The molecule has 0 aromatic heterocycles. The zero-order chi connectivity index (χ0) is 11.0. The van der Waals surface area contributed by atoms with Crippen LogP contribution in [-0.2, 0) is 10.0 Å². The number of nitrogens with one attached hydrogen (secondary N) is 1. The van der Waals surface area contributed by atoms with Gasteiger partial charge in [-0.1, -0.05) is 19.0 Å². The van der Waals surface area contributed by atoms with Gasteiger partial charge in [0.2, 0.25) is 10.0 Å². The SMILES string of the molecule is CC(C)CS(=O)(=O)NCCCN=[N+]=[N-]. The summed E-state index contributed by atoms with van der Waals surface area (Å²) in [7, 11) is -3.15. The van der Waals surface area contributed by atoms with Gasteiger partial charge < -0.3 is 0 Å². The molecule has 0 aliphatic rings. The highest BCUT2D eigenvalue weighted by atomic mass is 32.2. The number of nitrogens with zero attached hydrogens (tertiary/aromatic N) is 3. The Hall–Kier alpha value is -0.780. The van der Waals surface area contributed by atoms with E-state index >= 15 is 0 Å². The van der Waals surface area contributed by atoms with Crippen LogP contribution in [-0.4, -0.2) is 27.3 Å². The van der Waals surface area contributed by atoms with E-state index in [1.807, 2.05) is 13.8 Å². The average molecular weight is 220 g/mol. The number of rotatable bonds is 7. The fourth-order valence-corrected chi connectivity index (χ4v) is 2.37. The first-order valence-electron chi connectivity index (χ1n) is 4.46. The summed E-state index contributed by atoms with van der Waals surface area (Å²) in [6.07, 6.45) is 0.529. The molecule has 0 unspecified atom stereocenters. The van der Waals surface area contributed by atoms with Crippen LogP contribution in [0.3, 0.4) is 0 Å². The van der Waals surface area contributed by atoms with E-state index in [9.17, 15) is 8.42 Å². The van der Waals surface area contributed by atoms with Crippen LogP contribution in [0.1, 0.15) is 20.3 Å². The molecular formula is C7H16N4O2S. The van der Waals surface area contributed by atoms with Gasteiger partial charge in [-0.15, -0.1) is 0 Å². The third-order valence-electron chi connectivity index (χ3n) is 1.37. The minimum absolute atomic E-state index is 0.115. The lowest BCUT2D eigenvalue weighted by atomic mass is 10.3. The van der Waals surface area contributed by atoms with Gasteiger partial charge in [-0.2, -0.15) is 0 Å². The molecule has 0 fully saturated rings. The van der Waals surface area contributed by atoms with Crippen molar-refractivity contribution in [2.75, 3.05) is 18.8 Å². The molecule has 82 valence electrons. The van der Waals surface area contributed by atoms with Crippen molar-refractivity contribution < 1.29 is 8.42 Å². The summed E-state index contributed by atoms with van der Waals surface area (Å²) in [6.45, 7) is 4.34. The second-order valence-corrected chi connectivity index (χ2v) is 5.23. The maximum Gasteiger partial charge on any atom is 0.211 e. The van der Waals surface area contributed by atoms with E-state index in [2.05, 4.69) is 14.7 Å². The Labute approximate surface area is 84.4 Å². The predicted octanol–water partition coefficient (Wildman–Crippen LogP) is 1.26. The Bertz CT molecular complexity index is 293. The second kappa shape index (κ2) is 6.64. The van der Waals surface area contributed by atoms with Crippen molar-refractivity contribution in [2.24, 2.45) is 11.0 Å². The summed E-state index contributed by atoms with van der Waals surface area (Å²) in [6, 6.07) is 0. The summed E-state index contributed by atoms with van der Waals surface area (Å²) >= 11 is 0. The lowest BCUT2D eigenvalue weighted by Gasteiger charge is -2.07. The van der Waals surface area contributed by atoms with Crippen LogP contribution in [0.5, 0.6) is 0 Å². The van der Waals surface area contributed by atoms with Crippen LogP contribution in [0.25, 0.3) is 10.4 Å². The summed E-state index contributed by atoms with van der Waals surface area (Å²) in [4.78, 5) is 2.57. The summed E-state index contributed by atoms with van der Waals surface area (Å²) in [5.41, 5.74) is 7.96. The summed E-state index contributed by atoms with van der Waals surface area (Å²) in [5.74, 6) is 0.249. The van der Waals surface area contributed by atoms with Crippen molar-refractivity contribution >= 4 is 10.0 Å². The Kier molecular flexibility index (Phi) is 6.27. The van der Waals surface area contributed by atoms with Gasteiger partial charge in [-0.25, -0.2) is 13.1 Å². The first-order valence-corrected chi connectivity index (χ1v) is 6.11. The van der Waals surface area contributed by atoms with Crippen LogP contribution < -0.4 is 4.72 Å². The van der Waals surface area contributed by atoms with Gasteiger partial charge in [0.1, 0.15) is 0 Å². The monoisotopic (exact) mass is 220 g/mol. The molecule has 14 heavy (non-hydrogen) atoms. The maximum absolute atomic E-state index is 11.3. The highest BCUT2D eigenvalue weighted by Crippen LogP contribution is 1.97. The normalized spacial score (nSPS) is 11.4. The number of hydrogen-bond acceptors (Lipinski definition) is 3. The van der Waals surface area contributed by atoms with E-state index in [0.717, 1.165) is 0 Å². The van der Waals surface area contributed by atoms with E-state index in [4.69, 9.17) is 5.53 Å². The van der Waals surface area contributed by atoms with Crippen LogP contribution in [0.15, 0.2) is 5.11 Å². The smallest absolute Gasteiger partial charge is 0.211 e. The maximum atomic E-state index is 11.3. The highest BCUT2D eigenvalue weighted by Gasteiger charge is 2.10. The lowest BCUT2D eigenvalue weighted by molar-refractivity contribution is 0.566. The molecule has 0 aliphatic carbocycles. The molecule has 0 aromatic rings. The van der Waals surface area contributed by atoms with Crippen molar-refractivity contribution in [3.63, 3.8) is 0 Å². The third-order valence-corrected chi connectivity index (χ3v) is 3.12. The molecule has 0 amide bonds. The minimum Gasteiger partial charge on any atom is -0.215 e. The molecule has 0 atom stereocenters. The van der Waals surface area contributed by atoms with Gasteiger partial charge in [-0.05, 0) is 17.9 Å². The van der Waals surface area contributed by atoms with Gasteiger partial charge in [0.25, 0.3) is 0 Å². The Balaban J connectivity index is 3.71. The van der Waals surface area contributed by atoms with Crippen molar-refractivity contribution in [3.05, 3.63) is 10.4 Å². The number of sulfonamides is 1. The van der Waals surface area contributed by atoms with Gasteiger partial charge in [-0.3, -0.25) is 0 Å². The Morgan fingerprint density at radius 1 is 1.50 bits per heavy atom. The largest absolute Gasteiger partial charge is 0.215 e. The highest BCUT2D eigenvalue weighted by molar-refractivity contribution is 7.89. The zero-order valence-electron chi connectivity index (χ0n) is 8.47. The first-order chi connectivity index (χ1) is 6.48. The summed E-state index contributed by atoms with van der Waals surface area (Å²) < 4.78 is 25.0. The van der Waals surface area contributed by atoms with E-state index < -0.39 is 10.0 Å². The van der Waals surface area contributed by atoms with Crippen molar-refractivity contribution in [2.45, 2.75) is 20.3 Å². The van der Waals surface area contributed by atoms with E-state index in [-0.39, 0.29) is 11.7 Å². The Morgan fingerprint density at radius 3 is 2.64 bits per heavy atom. The van der Waals surface area contributed by atoms with Crippen molar-refractivity contribution in [1.29, 1.82) is 0 Å². The molecule has 0 radical (unpaired) electrons. The molecule has 0 aromatic carbocycles. The number of hydrogen-bond donors (Lipinski definition) is 1. The molecule has 0 aliphatic heterocycles. The predicted molar refractivity (Wildman–Crippen MR) is 55.3 cm³/mol. The van der Waals surface area contributed by atoms with E-state index in [1.165, 1.54) is 0 Å².